The monoisotopic (exact) mass is 322 g/mol. The topological polar surface area (TPSA) is 17.8 Å². The van der Waals surface area contributed by atoms with Gasteiger partial charge in [-0.1, -0.05) is 19.1 Å². The number of aryl methyl sites for hydroxylation is 1. The van der Waals surface area contributed by atoms with Crippen molar-refractivity contribution in [3.8, 4) is 11.3 Å². The number of hydrogen-bond acceptors (Lipinski definition) is 1. The van der Waals surface area contributed by atoms with Crippen LogP contribution in [0.25, 0.3) is 11.3 Å². The van der Waals surface area contributed by atoms with E-state index in [-0.39, 0.29) is 11.3 Å². The van der Waals surface area contributed by atoms with E-state index in [4.69, 9.17) is 0 Å². The second kappa shape index (κ2) is 5.66. The molecule has 2 nitrogen and oxygen atoms in total. The summed E-state index contributed by atoms with van der Waals surface area (Å²) >= 11 is 0. The molecule has 0 bridgehead atoms. The zero-order valence-electron chi connectivity index (χ0n) is 11.5. The molecule has 120 valence electrons. The van der Waals surface area contributed by atoms with Crippen LogP contribution in [0.5, 0.6) is 0 Å². The van der Waals surface area contributed by atoms with Gasteiger partial charge in [-0.05, 0) is 24.1 Å². The number of alkyl halides is 6. The molecule has 0 radical (unpaired) electrons. The van der Waals surface area contributed by atoms with Crippen LogP contribution in [0.1, 0.15) is 18.1 Å². The van der Waals surface area contributed by atoms with Crippen LogP contribution < -0.4 is 0 Å². The number of rotatable bonds is 3. The van der Waals surface area contributed by atoms with Gasteiger partial charge >= 0.3 is 12.4 Å². The van der Waals surface area contributed by atoms with Gasteiger partial charge in [0.2, 0.25) is 0 Å². The lowest BCUT2D eigenvalue weighted by Gasteiger charge is -2.13. The normalized spacial score (nSPS) is 12.7. The summed E-state index contributed by atoms with van der Waals surface area (Å²) in [6, 6.07) is 4.01. The highest BCUT2D eigenvalue weighted by Gasteiger charge is 2.32. The molecule has 0 saturated heterocycles. The Balaban J connectivity index is 2.45. The quantitative estimate of drug-likeness (QED) is 0.749. The van der Waals surface area contributed by atoms with Crippen LogP contribution in [-0.4, -0.2) is 16.0 Å². The molecule has 0 N–H and O–H groups in total. The average molecular weight is 322 g/mol. The van der Waals surface area contributed by atoms with Crippen LogP contribution in [0.3, 0.4) is 0 Å². The average Bonchev–Trinajstić information content (AvgIpc) is 2.78. The molecule has 2 aromatic rings. The molecule has 8 heteroatoms. The maximum Gasteiger partial charge on any atom is 0.416 e. The van der Waals surface area contributed by atoms with Gasteiger partial charge in [-0.3, -0.25) is 4.68 Å². The molecule has 0 aliphatic heterocycles. The molecule has 0 unspecified atom stereocenters. The second-order valence-electron chi connectivity index (χ2n) is 4.72. The van der Waals surface area contributed by atoms with Gasteiger partial charge in [0, 0.05) is 5.56 Å². The lowest BCUT2D eigenvalue weighted by molar-refractivity contribution is -0.142. The van der Waals surface area contributed by atoms with Crippen molar-refractivity contribution in [1.29, 1.82) is 0 Å². The van der Waals surface area contributed by atoms with Crippen molar-refractivity contribution in [3.63, 3.8) is 0 Å². The molecule has 0 amide bonds. The minimum Gasteiger partial charge on any atom is -0.255 e. The van der Waals surface area contributed by atoms with E-state index >= 15 is 0 Å². The van der Waals surface area contributed by atoms with Gasteiger partial charge in [-0.25, -0.2) is 0 Å². The predicted octanol–water partition coefficient (Wildman–Crippen LogP) is 4.69. The predicted molar refractivity (Wildman–Crippen MR) is 68.1 cm³/mol. The fraction of sp³-hybridized carbons (Fsp3) is 0.357. The molecule has 1 aromatic carbocycles. The molecular weight excluding hydrogens is 310 g/mol. The molecule has 0 atom stereocenters. The minimum absolute atomic E-state index is 0.188. The van der Waals surface area contributed by atoms with Crippen LogP contribution in [0.15, 0.2) is 30.5 Å². The van der Waals surface area contributed by atoms with Crippen LogP contribution in [0.2, 0.25) is 0 Å². The molecule has 0 aliphatic carbocycles. The van der Waals surface area contributed by atoms with E-state index in [0.29, 0.717) is 12.0 Å². The molecule has 0 saturated carbocycles. The summed E-state index contributed by atoms with van der Waals surface area (Å²) in [7, 11) is 0. The van der Waals surface area contributed by atoms with Crippen LogP contribution in [0.4, 0.5) is 26.3 Å². The Labute approximate surface area is 122 Å². The Morgan fingerprint density at radius 3 is 2.05 bits per heavy atom. The number of hydrogen-bond donors (Lipinski definition) is 0. The smallest absolute Gasteiger partial charge is 0.255 e. The lowest BCUT2D eigenvalue weighted by Crippen LogP contribution is -2.19. The largest absolute Gasteiger partial charge is 0.416 e. The van der Waals surface area contributed by atoms with Crippen molar-refractivity contribution in [2.24, 2.45) is 0 Å². The van der Waals surface area contributed by atoms with Crippen molar-refractivity contribution >= 4 is 0 Å². The highest BCUT2D eigenvalue weighted by Crippen LogP contribution is 2.32. The van der Waals surface area contributed by atoms with E-state index in [1.807, 2.05) is 0 Å². The molecule has 0 fully saturated rings. The van der Waals surface area contributed by atoms with Crippen molar-refractivity contribution in [1.82, 2.24) is 9.78 Å². The third kappa shape index (κ3) is 3.61. The molecule has 22 heavy (non-hydrogen) atoms. The SMILES string of the molecule is CCc1cnn(CC(F)(F)F)c1-c1ccc(C(F)(F)F)cc1. The summed E-state index contributed by atoms with van der Waals surface area (Å²) in [5.74, 6) is 0. The summed E-state index contributed by atoms with van der Waals surface area (Å²) in [6.45, 7) is 0.450. The second-order valence-corrected chi connectivity index (χ2v) is 4.72. The van der Waals surface area contributed by atoms with E-state index < -0.39 is 24.5 Å². The van der Waals surface area contributed by atoms with E-state index in [2.05, 4.69) is 5.10 Å². The Morgan fingerprint density at radius 2 is 1.59 bits per heavy atom. The Kier molecular flexibility index (Phi) is 4.21. The first kappa shape index (κ1) is 16.4. The third-order valence-corrected chi connectivity index (χ3v) is 3.11. The van der Waals surface area contributed by atoms with Gasteiger partial charge in [0.1, 0.15) is 6.54 Å². The van der Waals surface area contributed by atoms with Crippen LogP contribution in [0, 0.1) is 0 Å². The molecular formula is C14H12F6N2. The standard InChI is InChI=1S/C14H12F6N2/c1-2-9-7-21-22(8-13(15,16)17)12(9)10-3-5-11(6-4-10)14(18,19)20/h3-7H,2,8H2,1H3. The van der Waals surface area contributed by atoms with Crippen molar-refractivity contribution < 1.29 is 26.3 Å². The van der Waals surface area contributed by atoms with Crippen molar-refractivity contribution in [2.75, 3.05) is 0 Å². The van der Waals surface area contributed by atoms with Crippen LogP contribution in [-0.2, 0) is 19.1 Å². The fourth-order valence-corrected chi connectivity index (χ4v) is 2.12. The first-order valence-electron chi connectivity index (χ1n) is 6.41. The van der Waals surface area contributed by atoms with E-state index in [9.17, 15) is 26.3 Å². The summed E-state index contributed by atoms with van der Waals surface area (Å²) < 4.78 is 76.1. The Bertz CT molecular complexity index is 637. The number of halogens is 6. The Morgan fingerprint density at radius 1 is 1.00 bits per heavy atom. The minimum atomic E-state index is -4.49. The van der Waals surface area contributed by atoms with Gasteiger partial charge in [0.15, 0.2) is 0 Å². The van der Waals surface area contributed by atoms with Crippen LogP contribution >= 0.6 is 0 Å². The molecule has 1 heterocycles. The van der Waals surface area contributed by atoms with Gasteiger partial charge in [-0.2, -0.15) is 31.4 Å². The maximum absolute atomic E-state index is 12.6. The van der Waals surface area contributed by atoms with E-state index in [1.165, 1.54) is 6.20 Å². The lowest BCUT2D eigenvalue weighted by atomic mass is 10.0. The molecule has 2 rings (SSSR count). The van der Waals surface area contributed by atoms with Gasteiger partial charge in [0.25, 0.3) is 0 Å². The zero-order valence-corrected chi connectivity index (χ0v) is 11.5. The third-order valence-electron chi connectivity index (χ3n) is 3.11. The number of aromatic nitrogens is 2. The van der Waals surface area contributed by atoms with Gasteiger partial charge < -0.3 is 0 Å². The first-order chi connectivity index (χ1) is 10.1. The summed E-state index contributed by atoms with van der Waals surface area (Å²) in [6.07, 6.45) is -7.22. The molecule has 1 aromatic heterocycles. The highest BCUT2D eigenvalue weighted by atomic mass is 19.4. The summed E-state index contributed by atoms with van der Waals surface area (Å²) in [4.78, 5) is 0. The fourth-order valence-electron chi connectivity index (χ4n) is 2.12. The maximum atomic E-state index is 12.6. The summed E-state index contributed by atoms with van der Waals surface area (Å²) in [5, 5.41) is 3.69. The molecule has 0 spiro atoms. The Hall–Kier alpha value is -1.99. The summed E-state index contributed by atoms with van der Waals surface area (Å²) in [5.41, 5.74) is 0.153. The zero-order chi connectivity index (χ0) is 16.5. The van der Waals surface area contributed by atoms with Gasteiger partial charge in [0.05, 0.1) is 17.5 Å². The number of nitrogens with zero attached hydrogens (tertiary/aromatic N) is 2. The van der Waals surface area contributed by atoms with Crippen molar-refractivity contribution in [3.05, 3.63) is 41.6 Å². The number of benzene rings is 1. The molecule has 0 aliphatic rings. The van der Waals surface area contributed by atoms with Gasteiger partial charge in [-0.15, -0.1) is 0 Å². The highest BCUT2D eigenvalue weighted by molar-refractivity contribution is 5.64. The first-order valence-corrected chi connectivity index (χ1v) is 6.41. The van der Waals surface area contributed by atoms with Crippen molar-refractivity contribution in [2.45, 2.75) is 32.2 Å². The van der Waals surface area contributed by atoms with E-state index in [1.54, 1.807) is 6.92 Å². The van der Waals surface area contributed by atoms with E-state index in [0.717, 1.165) is 28.9 Å².